The zero-order chi connectivity index (χ0) is 14.2. The maximum atomic E-state index is 3.86. The van der Waals surface area contributed by atoms with Crippen molar-refractivity contribution in [2.45, 2.75) is 50.1 Å². The molecule has 1 aromatic carbocycles. The van der Waals surface area contributed by atoms with Crippen molar-refractivity contribution in [1.82, 2.24) is 10.2 Å². The summed E-state index contributed by atoms with van der Waals surface area (Å²) in [5, 5.41) is 3.86. The smallest absolute Gasteiger partial charge is 0.0328 e. The lowest BCUT2D eigenvalue weighted by Gasteiger charge is -2.37. The zero-order valence-corrected chi connectivity index (χ0v) is 14.2. The predicted molar refractivity (Wildman–Crippen MR) is 88.1 cm³/mol. The number of nitrogens with zero attached hydrogens (tertiary/aromatic N) is 1. The molecule has 20 heavy (non-hydrogen) atoms. The first-order valence-electron chi connectivity index (χ1n) is 7.80. The summed E-state index contributed by atoms with van der Waals surface area (Å²) in [7, 11) is 4.49. The fourth-order valence-corrected chi connectivity index (χ4v) is 4.34. The molecule has 0 spiro atoms. The first kappa shape index (κ1) is 14.6. The summed E-state index contributed by atoms with van der Waals surface area (Å²) in [6.07, 6.45) is 7.90. The summed E-state index contributed by atoms with van der Waals surface area (Å²) in [5.41, 5.74) is 3.42. The zero-order valence-electron chi connectivity index (χ0n) is 12.6. The molecule has 2 nitrogen and oxygen atoms in total. The fraction of sp³-hybridized carbons (Fsp3) is 0.647. The minimum absolute atomic E-state index is 0.387. The van der Waals surface area contributed by atoms with E-state index in [4.69, 9.17) is 0 Å². The second-order valence-electron chi connectivity index (χ2n) is 6.64. The van der Waals surface area contributed by atoms with Gasteiger partial charge < -0.3 is 10.2 Å². The number of fused-ring (bicyclic) bond motifs is 1. The Morgan fingerprint density at radius 3 is 2.75 bits per heavy atom. The Kier molecular flexibility index (Phi) is 4.21. The highest BCUT2D eigenvalue weighted by Crippen LogP contribution is 2.36. The summed E-state index contributed by atoms with van der Waals surface area (Å²) in [6.45, 7) is 1.13. The molecule has 1 aromatic rings. The number of hydrogen-bond acceptors (Lipinski definition) is 2. The summed E-state index contributed by atoms with van der Waals surface area (Å²) in [6, 6.07) is 7.31. The first-order valence-corrected chi connectivity index (χ1v) is 8.59. The van der Waals surface area contributed by atoms with Crippen molar-refractivity contribution in [1.29, 1.82) is 0 Å². The molecular weight excluding hydrogens is 312 g/mol. The highest BCUT2D eigenvalue weighted by atomic mass is 79.9. The van der Waals surface area contributed by atoms with E-state index in [1.54, 1.807) is 0 Å². The van der Waals surface area contributed by atoms with E-state index < -0.39 is 0 Å². The van der Waals surface area contributed by atoms with E-state index in [1.165, 1.54) is 54.1 Å². The minimum atomic E-state index is 0.387. The summed E-state index contributed by atoms with van der Waals surface area (Å²) >= 11 is 3.58. The van der Waals surface area contributed by atoms with Crippen LogP contribution in [-0.2, 0) is 6.42 Å². The molecule has 3 heteroatoms. The van der Waals surface area contributed by atoms with Crippen LogP contribution in [0.4, 0.5) is 0 Å². The van der Waals surface area contributed by atoms with Crippen LogP contribution < -0.4 is 5.32 Å². The molecule has 2 aliphatic carbocycles. The monoisotopic (exact) mass is 336 g/mol. The molecule has 1 N–H and O–H groups in total. The molecule has 1 unspecified atom stereocenters. The number of rotatable bonds is 4. The van der Waals surface area contributed by atoms with E-state index in [0.717, 1.165) is 6.54 Å². The Balaban J connectivity index is 1.68. The van der Waals surface area contributed by atoms with Gasteiger partial charge >= 0.3 is 0 Å². The van der Waals surface area contributed by atoms with Crippen LogP contribution in [0.1, 0.15) is 49.3 Å². The number of halogens is 1. The summed E-state index contributed by atoms with van der Waals surface area (Å²) in [4.78, 5) is 2.45. The molecule has 1 saturated carbocycles. The van der Waals surface area contributed by atoms with Crippen LogP contribution in [0.3, 0.4) is 0 Å². The van der Waals surface area contributed by atoms with Gasteiger partial charge in [0.1, 0.15) is 0 Å². The van der Waals surface area contributed by atoms with Crippen LogP contribution in [0.15, 0.2) is 22.7 Å². The maximum Gasteiger partial charge on any atom is 0.0328 e. The van der Waals surface area contributed by atoms with Gasteiger partial charge in [0, 0.05) is 22.6 Å². The highest BCUT2D eigenvalue weighted by Gasteiger charge is 2.36. The van der Waals surface area contributed by atoms with Crippen molar-refractivity contribution in [3.05, 3.63) is 33.8 Å². The van der Waals surface area contributed by atoms with Crippen LogP contribution >= 0.6 is 15.9 Å². The molecule has 0 amide bonds. The number of likely N-dealkylation sites (N-methyl/N-ethyl adjacent to an activating group) is 1. The largest absolute Gasteiger partial charge is 0.308 e. The Hall–Kier alpha value is -0.380. The van der Waals surface area contributed by atoms with Gasteiger partial charge in [-0.3, -0.25) is 0 Å². The van der Waals surface area contributed by atoms with E-state index in [9.17, 15) is 0 Å². The first-order chi connectivity index (χ1) is 9.61. The second-order valence-corrected chi connectivity index (χ2v) is 7.56. The van der Waals surface area contributed by atoms with Gasteiger partial charge in [0.2, 0.25) is 0 Å². The number of benzene rings is 1. The van der Waals surface area contributed by atoms with E-state index in [1.807, 2.05) is 0 Å². The van der Waals surface area contributed by atoms with Crippen molar-refractivity contribution in [3.8, 4) is 0 Å². The third-order valence-electron chi connectivity index (χ3n) is 5.34. The van der Waals surface area contributed by atoms with Crippen LogP contribution in [0.2, 0.25) is 0 Å². The molecule has 3 rings (SSSR count). The lowest BCUT2D eigenvalue weighted by atomic mass is 9.95. The van der Waals surface area contributed by atoms with Gasteiger partial charge in [0.05, 0.1) is 0 Å². The van der Waals surface area contributed by atoms with Crippen LogP contribution in [-0.4, -0.2) is 31.1 Å². The van der Waals surface area contributed by atoms with Gasteiger partial charge in [0.15, 0.2) is 0 Å². The van der Waals surface area contributed by atoms with E-state index in [2.05, 4.69) is 58.4 Å². The Bertz CT molecular complexity index is 478. The summed E-state index contributed by atoms with van der Waals surface area (Å²) < 4.78 is 1.21. The molecule has 110 valence electrons. The van der Waals surface area contributed by atoms with Crippen LogP contribution in [0.25, 0.3) is 0 Å². The number of hydrogen-bond donors (Lipinski definition) is 1. The quantitative estimate of drug-likeness (QED) is 0.896. The molecular formula is C17H25BrN2. The van der Waals surface area contributed by atoms with Gasteiger partial charge in [-0.05, 0) is 63.0 Å². The van der Waals surface area contributed by atoms with E-state index in [-0.39, 0.29) is 0 Å². The minimum Gasteiger partial charge on any atom is -0.308 e. The third-order valence-corrected chi connectivity index (χ3v) is 5.84. The number of aryl methyl sites for hydroxylation is 1. The average molecular weight is 337 g/mol. The van der Waals surface area contributed by atoms with Crippen molar-refractivity contribution >= 4 is 15.9 Å². The van der Waals surface area contributed by atoms with E-state index >= 15 is 0 Å². The summed E-state index contributed by atoms with van der Waals surface area (Å²) in [5.74, 6) is 0. The normalized spacial score (nSPS) is 24.3. The van der Waals surface area contributed by atoms with Crippen molar-refractivity contribution in [2.75, 3.05) is 20.6 Å². The molecule has 0 heterocycles. The lowest BCUT2D eigenvalue weighted by Crippen LogP contribution is -2.50. The van der Waals surface area contributed by atoms with Gasteiger partial charge in [-0.2, -0.15) is 0 Å². The molecule has 0 aromatic heterocycles. The topological polar surface area (TPSA) is 15.3 Å². The molecule has 0 aliphatic heterocycles. The Labute approximate surface area is 131 Å². The fourth-order valence-electron chi connectivity index (χ4n) is 3.93. The average Bonchev–Trinajstić information content (AvgIpc) is 3.03. The third kappa shape index (κ3) is 2.68. The van der Waals surface area contributed by atoms with Crippen LogP contribution in [0.5, 0.6) is 0 Å². The SMILES string of the molecule is CN(C)C1(CNC2CCc3cc(Br)ccc32)CCCC1. The maximum absolute atomic E-state index is 3.86. The van der Waals surface area contributed by atoms with E-state index in [0.29, 0.717) is 11.6 Å². The Morgan fingerprint density at radius 1 is 1.30 bits per heavy atom. The Morgan fingerprint density at radius 2 is 2.05 bits per heavy atom. The molecule has 0 saturated heterocycles. The standard InChI is InChI=1S/C17H25BrN2/c1-20(2)17(9-3-4-10-17)12-19-16-8-5-13-11-14(18)6-7-15(13)16/h6-7,11,16,19H,3-5,8-10,12H2,1-2H3. The predicted octanol–water partition coefficient (Wildman–Crippen LogP) is 3.90. The van der Waals surface area contributed by atoms with Gasteiger partial charge in [-0.25, -0.2) is 0 Å². The molecule has 0 radical (unpaired) electrons. The van der Waals surface area contributed by atoms with Crippen molar-refractivity contribution < 1.29 is 0 Å². The lowest BCUT2D eigenvalue weighted by molar-refractivity contribution is 0.149. The molecule has 0 bridgehead atoms. The van der Waals surface area contributed by atoms with Gasteiger partial charge in [-0.15, -0.1) is 0 Å². The second kappa shape index (κ2) is 5.78. The number of nitrogens with one attached hydrogen (secondary N) is 1. The molecule has 1 atom stereocenters. The van der Waals surface area contributed by atoms with Crippen LogP contribution in [0, 0.1) is 0 Å². The molecule has 1 fully saturated rings. The van der Waals surface area contributed by atoms with Gasteiger partial charge in [-0.1, -0.05) is 34.8 Å². The van der Waals surface area contributed by atoms with Gasteiger partial charge in [0.25, 0.3) is 0 Å². The van der Waals surface area contributed by atoms with Crippen molar-refractivity contribution in [3.63, 3.8) is 0 Å². The molecule has 2 aliphatic rings. The van der Waals surface area contributed by atoms with Crippen molar-refractivity contribution in [2.24, 2.45) is 0 Å². The highest BCUT2D eigenvalue weighted by molar-refractivity contribution is 9.10.